The van der Waals surface area contributed by atoms with Gasteiger partial charge in [-0.3, -0.25) is 9.20 Å². The Hall–Kier alpha value is -2.78. The van der Waals surface area contributed by atoms with Gasteiger partial charge in [-0.2, -0.15) is 0 Å². The third-order valence-electron chi connectivity index (χ3n) is 5.47. The number of anilines is 1. The summed E-state index contributed by atoms with van der Waals surface area (Å²) in [6, 6.07) is 13.0. The van der Waals surface area contributed by atoms with Gasteiger partial charge in [-0.25, -0.2) is 13.0 Å². The molecule has 3 heterocycles. The first-order chi connectivity index (χ1) is 15.3. The fourth-order valence-electron chi connectivity index (χ4n) is 3.75. The molecule has 0 aliphatic carbocycles. The van der Waals surface area contributed by atoms with Gasteiger partial charge in [0.25, 0.3) is 11.2 Å². The fourth-order valence-corrected chi connectivity index (χ4v) is 5.43. The highest BCUT2D eigenvalue weighted by molar-refractivity contribution is 9.10. The van der Waals surface area contributed by atoms with Gasteiger partial charge in [0.05, 0.1) is 11.4 Å². The van der Waals surface area contributed by atoms with Crippen molar-refractivity contribution in [3.63, 3.8) is 0 Å². The Labute approximate surface area is 194 Å². The summed E-state index contributed by atoms with van der Waals surface area (Å²) < 4.78 is 30.8. The molecular formula is C23H24BrN4O3S+. The van der Waals surface area contributed by atoms with Crippen LogP contribution in [0.3, 0.4) is 0 Å². The molecule has 0 amide bonds. The van der Waals surface area contributed by atoms with E-state index in [9.17, 15) is 13.2 Å². The summed E-state index contributed by atoms with van der Waals surface area (Å²) in [4.78, 5) is 17.9. The number of nitrogens with two attached hydrogens (primary N) is 1. The summed E-state index contributed by atoms with van der Waals surface area (Å²) >= 11 is 3.32. The predicted octanol–water partition coefficient (Wildman–Crippen LogP) is 3.89. The zero-order valence-electron chi connectivity index (χ0n) is 17.7. The van der Waals surface area contributed by atoms with Crippen LogP contribution in [-0.4, -0.2) is 17.8 Å². The number of pyridine rings is 2. The SMILES string of the molecule is CCCCCC[n+]1c(N)c(S(=O)(=O)c2ccc(Br)cc2)cc2c(=O)n3ccccc3nc21. The Kier molecular flexibility index (Phi) is 6.30. The lowest BCUT2D eigenvalue weighted by Crippen LogP contribution is -2.41. The highest BCUT2D eigenvalue weighted by atomic mass is 79.9. The minimum atomic E-state index is -3.95. The summed E-state index contributed by atoms with van der Waals surface area (Å²) in [6.07, 6.45) is 5.53. The molecule has 0 saturated carbocycles. The van der Waals surface area contributed by atoms with Crippen LogP contribution < -0.4 is 15.9 Å². The van der Waals surface area contributed by atoms with Crippen LogP contribution in [0.4, 0.5) is 5.82 Å². The highest BCUT2D eigenvalue weighted by Gasteiger charge is 2.29. The van der Waals surface area contributed by atoms with E-state index in [1.54, 1.807) is 41.1 Å². The van der Waals surface area contributed by atoms with E-state index in [2.05, 4.69) is 27.8 Å². The van der Waals surface area contributed by atoms with Gasteiger partial charge in [0, 0.05) is 10.7 Å². The zero-order valence-corrected chi connectivity index (χ0v) is 20.1. The number of aryl methyl sites for hydroxylation is 1. The van der Waals surface area contributed by atoms with Crippen molar-refractivity contribution in [3.8, 4) is 0 Å². The molecule has 0 aliphatic rings. The molecule has 0 saturated heterocycles. The molecule has 0 atom stereocenters. The normalized spacial score (nSPS) is 11.9. The molecular weight excluding hydrogens is 492 g/mol. The Morgan fingerprint density at radius 1 is 1.09 bits per heavy atom. The summed E-state index contributed by atoms with van der Waals surface area (Å²) in [5, 5.41) is 0.217. The standard InChI is InChI=1S/C23H23BrN4O3S/c1-2-3-4-6-14-28-21(25)19(32(30,31)17-11-9-16(24)10-12-17)15-18-22(28)26-20-8-5-7-13-27(20)23(18)29/h5,7-13,15,25H,2-4,6,14H2,1H3/p+1. The number of unbranched alkanes of at least 4 members (excludes halogenated alkanes) is 3. The van der Waals surface area contributed by atoms with Crippen molar-refractivity contribution in [2.75, 3.05) is 5.73 Å². The average Bonchev–Trinajstić information content (AvgIpc) is 2.78. The van der Waals surface area contributed by atoms with E-state index >= 15 is 0 Å². The smallest absolute Gasteiger partial charge is 0.278 e. The average molecular weight is 516 g/mol. The van der Waals surface area contributed by atoms with Crippen molar-refractivity contribution >= 4 is 48.3 Å². The minimum Gasteiger partial charge on any atom is -0.317 e. The lowest BCUT2D eigenvalue weighted by atomic mass is 10.2. The largest absolute Gasteiger partial charge is 0.317 e. The molecule has 166 valence electrons. The van der Waals surface area contributed by atoms with Crippen LogP contribution in [0.5, 0.6) is 0 Å². The maximum absolute atomic E-state index is 13.5. The van der Waals surface area contributed by atoms with Crippen molar-refractivity contribution in [1.82, 2.24) is 9.38 Å². The van der Waals surface area contributed by atoms with E-state index in [1.807, 2.05) is 0 Å². The molecule has 2 N–H and O–H groups in total. The van der Waals surface area contributed by atoms with E-state index < -0.39 is 9.84 Å². The summed E-state index contributed by atoms with van der Waals surface area (Å²) in [5.41, 5.74) is 6.98. The van der Waals surface area contributed by atoms with Crippen molar-refractivity contribution in [2.45, 2.75) is 48.9 Å². The summed E-state index contributed by atoms with van der Waals surface area (Å²) in [5.74, 6) is 0.0871. The second kappa shape index (κ2) is 8.99. The van der Waals surface area contributed by atoms with Crippen molar-refractivity contribution < 1.29 is 13.0 Å². The van der Waals surface area contributed by atoms with E-state index in [1.165, 1.54) is 22.6 Å². The van der Waals surface area contributed by atoms with E-state index in [-0.39, 0.29) is 26.6 Å². The first-order valence-corrected chi connectivity index (χ1v) is 12.8. The number of nitrogens with zero attached hydrogens (tertiary/aromatic N) is 3. The molecule has 4 aromatic rings. The van der Waals surface area contributed by atoms with Gasteiger partial charge in [-0.15, -0.1) is 0 Å². The lowest BCUT2D eigenvalue weighted by Gasteiger charge is -2.13. The van der Waals surface area contributed by atoms with Crippen LogP contribution in [0, 0.1) is 0 Å². The monoisotopic (exact) mass is 515 g/mol. The first-order valence-electron chi connectivity index (χ1n) is 10.5. The quantitative estimate of drug-likeness (QED) is 0.228. The maximum atomic E-state index is 13.5. The molecule has 0 aliphatic heterocycles. The summed E-state index contributed by atoms with van der Waals surface area (Å²) in [7, 11) is -3.95. The van der Waals surface area contributed by atoms with Crippen LogP contribution in [0.1, 0.15) is 32.6 Å². The number of rotatable bonds is 7. The number of aromatic nitrogens is 3. The number of benzene rings is 1. The molecule has 9 heteroatoms. The Bertz CT molecular complexity index is 1470. The fraction of sp³-hybridized carbons (Fsp3) is 0.261. The summed E-state index contributed by atoms with van der Waals surface area (Å²) in [6.45, 7) is 2.60. The maximum Gasteiger partial charge on any atom is 0.278 e. The molecule has 0 unspecified atom stereocenters. The topological polar surface area (TPSA) is 98.4 Å². The number of halogens is 1. The number of nitrogen functional groups attached to an aromatic ring is 1. The van der Waals surface area contributed by atoms with Gasteiger partial charge >= 0.3 is 0 Å². The van der Waals surface area contributed by atoms with Crippen LogP contribution >= 0.6 is 15.9 Å². The van der Waals surface area contributed by atoms with E-state index in [4.69, 9.17) is 5.73 Å². The van der Waals surface area contributed by atoms with Gasteiger partial charge < -0.3 is 5.73 Å². The molecule has 0 bridgehead atoms. The molecule has 0 fully saturated rings. The van der Waals surface area contributed by atoms with E-state index in [0.29, 0.717) is 17.8 Å². The second-order valence-corrected chi connectivity index (χ2v) is 10.5. The molecule has 4 rings (SSSR count). The molecule has 0 radical (unpaired) electrons. The van der Waals surface area contributed by atoms with Crippen LogP contribution in [0.15, 0.2) is 73.8 Å². The van der Waals surface area contributed by atoms with E-state index in [0.717, 1.165) is 30.2 Å². The Balaban J connectivity index is 2.00. The number of hydrogen-bond donors (Lipinski definition) is 1. The van der Waals surface area contributed by atoms with Gasteiger partial charge in [-0.05, 0) is 48.9 Å². The van der Waals surface area contributed by atoms with Crippen LogP contribution in [-0.2, 0) is 16.4 Å². The third kappa shape index (κ3) is 4.02. The van der Waals surface area contributed by atoms with Crippen molar-refractivity contribution in [3.05, 3.63) is 69.6 Å². The van der Waals surface area contributed by atoms with Crippen LogP contribution in [0.25, 0.3) is 16.7 Å². The molecule has 7 nitrogen and oxygen atoms in total. The Morgan fingerprint density at radius 3 is 2.56 bits per heavy atom. The number of hydrogen-bond acceptors (Lipinski definition) is 5. The molecule has 0 spiro atoms. The molecule has 1 aromatic carbocycles. The lowest BCUT2D eigenvalue weighted by molar-refractivity contribution is -0.660. The van der Waals surface area contributed by atoms with Gasteiger partial charge in [0.2, 0.25) is 21.3 Å². The number of sulfone groups is 1. The second-order valence-electron chi connectivity index (χ2n) is 7.65. The van der Waals surface area contributed by atoms with Crippen molar-refractivity contribution in [1.29, 1.82) is 0 Å². The Morgan fingerprint density at radius 2 is 1.84 bits per heavy atom. The molecule has 3 aromatic heterocycles. The zero-order chi connectivity index (χ0) is 22.9. The van der Waals surface area contributed by atoms with Crippen molar-refractivity contribution in [2.24, 2.45) is 0 Å². The van der Waals surface area contributed by atoms with Crippen LogP contribution in [0.2, 0.25) is 0 Å². The predicted molar refractivity (Wildman–Crippen MR) is 127 cm³/mol. The number of fused-ring (bicyclic) bond motifs is 2. The highest BCUT2D eigenvalue weighted by Crippen LogP contribution is 2.27. The van der Waals surface area contributed by atoms with Gasteiger partial charge in [0.1, 0.15) is 10.3 Å². The molecule has 32 heavy (non-hydrogen) atoms. The minimum absolute atomic E-state index is 0.0856. The third-order valence-corrected chi connectivity index (χ3v) is 7.80. The van der Waals surface area contributed by atoms with Gasteiger partial charge in [-0.1, -0.05) is 53.2 Å². The van der Waals surface area contributed by atoms with Gasteiger partial charge in [0.15, 0.2) is 0 Å². The first kappa shape index (κ1) is 22.4.